The van der Waals surface area contributed by atoms with E-state index in [0.717, 1.165) is 31.6 Å². The summed E-state index contributed by atoms with van der Waals surface area (Å²) in [7, 11) is 2.15. The van der Waals surface area contributed by atoms with Gasteiger partial charge in [-0.1, -0.05) is 33.6 Å². The Labute approximate surface area is 124 Å². The zero-order valence-corrected chi connectivity index (χ0v) is 13.7. The number of rotatable bonds is 10. The summed E-state index contributed by atoms with van der Waals surface area (Å²) in [6.45, 7) is 8.81. The molecule has 1 atom stereocenters. The molecule has 0 aliphatic heterocycles. The first-order chi connectivity index (χ1) is 9.72. The number of anilines is 1. The standard InChI is InChI=1S/C17H31N3/c1-5-8-9-13-20(4)15-10-11-17(19-14-15)16(7-3)18-12-6-2/h10-11,14,16,18H,5-9,12-13H2,1-4H3. The summed E-state index contributed by atoms with van der Waals surface area (Å²) in [4.78, 5) is 6.95. The first kappa shape index (κ1) is 17.0. The Morgan fingerprint density at radius 2 is 1.95 bits per heavy atom. The van der Waals surface area contributed by atoms with Gasteiger partial charge in [0.05, 0.1) is 17.6 Å². The Bertz CT molecular complexity index is 348. The van der Waals surface area contributed by atoms with Gasteiger partial charge in [0.1, 0.15) is 0 Å². The maximum atomic E-state index is 4.65. The van der Waals surface area contributed by atoms with Crippen LogP contribution in [0.3, 0.4) is 0 Å². The van der Waals surface area contributed by atoms with E-state index in [1.807, 2.05) is 6.20 Å². The van der Waals surface area contributed by atoms with Crippen molar-refractivity contribution in [1.82, 2.24) is 10.3 Å². The van der Waals surface area contributed by atoms with Gasteiger partial charge in [-0.15, -0.1) is 0 Å². The molecular formula is C17H31N3. The van der Waals surface area contributed by atoms with Gasteiger partial charge < -0.3 is 10.2 Å². The largest absolute Gasteiger partial charge is 0.373 e. The van der Waals surface area contributed by atoms with Crippen LogP contribution in [0.5, 0.6) is 0 Å². The van der Waals surface area contributed by atoms with Crippen molar-refractivity contribution in [2.45, 2.75) is 58.9 Å². The Hall–Kier alpha value is -1.09. The van der Waals surface area contributed by atoms with Crippen LogP contribution in [0.4, 0.5) is 5.69 Å². The predicted molar refractivity (Wildman–Crippen MR) is 88.4 cm³/mol. The smallest absolute Gasteiger partial charge is 0.0574 e. The van der Waals surface area contributed by atoms with Gasteiger partial charge >= 0.3 is 0 Å². The lowest BCUT2D eigenvalue weighted by Crippen LogP contribution is -2.23. The normalized spacial score (nSPS) is 12.4. The number of hydrogen-bond acceptors (Lipinski definition) is 3. The maximum Gasteiger partial charge on any atom is 0.0574 e. The molecule has 1 rings (SSSR count). The van der Waals surface area contributed by atoms with Gasteiger partial charge in [0.15, 0.2) is 0 Å². The fourth-order valence-corrected chi connectivity index (χ4v) is 2.33. The Morgan fingerprint density at radius 1 is 1.15 bits per heavy atom. The van der Waals surface area contributed by atoms with Crippen molar-refractivity contribution in [2.75, 3.05) is 25.0 Å². The summed E-state index contributed by atoms with van der Waals surface area (Å²) in [5.41, 5.74) is 2.38. The van der Waals surface area contributed by atoms with Crippen LogP contribution in [0.15, 0.2) is 18.3 Å². The molecule has 1 N–H and O–H groups in total. The van der Waals surface area contributed by atoms with Crippen molar-refractivity contribution in [2.24, 2.45) is 0 Å². The van der Waals surface area contributed by atoms with E-state index >= 15 is 0 Å². The molecule has 0 bridgehead atoms. The van der Waals surface area contributed by atoms with Crippen molar-refractivity contribution in [3.63, 3.8) is 0 Å². The zero-order chi connectivity index (χ0) is 14.8. The minimum atomic E-state index is 0.384. The molecule has 114 valence electrons. The van der Waals surface area contributed by atoms with E-state index in [-0.39, 0.29) is 0 Å². The van der Waals surface area contributed by atoms with Gasteiger partial charge in [0.2, 0.25) is 0 Å². The van der Waals surface area contributed by atoms with E-state index in [1.165, 1.54) is 24.9 Å². The fourth-order valence-electron chi connectivity index (χ4n) is 2.33. The molecular weight excluding hydrogens is 246 g/mol. The van der Waals surface area contributed by atoms with Gasteiger partial charge in [0, 0.05) is 19.6 Å². The molecule has 0 aromatic carbocycles. The highest BCUT2D eigenvalue weighted by molar-refractivity contribution is 5.43. The zero-order valence-electron chi connectivity index (χ0n) is 13.7. The number of aromatic nitrogens is 1. The molecule has 0 aliphatic rings. The highest BCUT2D eigenvalue weighted by Gasteiger charge is 2.10. The first-order valence-corrected chi connectivity index (χ1v) is 8.13. The number of unbranched alkanes of at least 4 members (excludes halogenated alkanes) is 2. The maximum absolute atomic E-state index is 4.65. The summed E-state index contributed by atoms with van der Waals surface area (Å²) >= 11 is 0. The molecule has 0 spiro atoms. The molecule has 0 fully saturated rings. The summed E-state index contributed by atoms with van der Waals surface area (Å²) in [6.07, 6.45) is 8.08. The summed E-state index contributed by atoms with van der Waals surface area (Å²) in [6, 6.07) is 4.75. The first-order valence-electron chi connectivity index (χ1n) is 8.13. The van der Waals surface area contributed by atoms with Crippen molar-refractivity contribution in [1.29, 1.82) is 0 Å². The van der Waals surface area contributed by atoms with Crippen molar-refractivity contribution < 1.29 is 0 Å². The van der Waals surface area contributed by atoms with Crippen molar-refractivity contribution >= 4 is 5.69 Å². The van der Waals surface area contributed by atoms with Crippen LogP contribution >= 0.6 is 0 Å². The molecule has 0 saturated carbocycles. The van der Waals surface area contributed by atoms with Crippen LogP contribution in [0.25, 0.3) is 0 Å². The third-order valence-electron chi connectivity index (χ3n) is 3.71. The van der Waals surface area contributed by atoms with Gasteiger partial charge in [-0.2, -0.15) is 0 Å². The topological polar surface area (TPSA) is 28.2 Å². The van der Waals surface area contributed by atoms with E-state index < -0.39 is 0 Å². The lowest BCUT2D eigenvalue weighted by atomic mass is 10.1. The van der Waals surface area contributed by atoms with E-state index in [9.17, 15) is 0 Å². The fraction of sp³-hybridized carbons (Fsp3) is 0.706. The molecule has 1 heterocycles. The van der Waals surface area contributed by atoms with Gasteiger partial charge in [0.25, 0.3) is 0 Å². The van der Waals surface area contributed by atoms with E-state index in [1.54, 1.807) is 0 Å². The van der Waals surface area contributed by atoms with Gasteiger partial charge in [-0.3, -0.25) is 4.98 Å². The molecule has 3 heteroatoms. The van der Waals surface area contributed by atoms with E-state index in [2.05, 4.69) is 55.2 Å². The average Bonchev–Trinajstić information content (AvgIpc) is 2.49. The lowest BCUT2D eigenvalue weighted by molar-refractivity contribution is 0.507. The van der Waals surface area contributed by atoms with Crippen LogP contribution in [0.1, 0.15) is 64.6 Å². The number of nitrogens with zero attached hydrogens (tertiary/aromatic N) is 2. The molecule has 0 amide bonds. The van der Waals surface area contributed by atoms with Crippen LogP contribution < -0.4 is 10.2 Å². The van der Waals surface area contributed by atoms with Crippen molar-refractivity contribution in [3.05, 3.63) is 24.0 Å². The highest BCUT2D eigenvalue weighted by atomic mass is 15.1. The van der Waals surface area contributed by atoms with Crippen LogP contribution in [-0.2, 0) is 0 Å². The monoisotopic (exact) mass is 277 g/mol. The molecule has 3 nitrogen and oxygen atoms in total. The van der Waals surface area contributed by atoms with Crippen LogP contribution in [-0.4, -0.2) is 25.1 Å². The predicted octanol–water partition coefficient (Wildman–Crippen LogP) is 4.16. The Morgan fingerprint density at radius 3 is 2.50 bits per heavy atom. The third kappa shape index (κ3) is 5.49. The second kappa shape index (κ2) is 9.76. The Kier molecular flexibility index (Phi) is 8.28. The number of hydrogen-bond donors (Lipinski definition) is 1. The molecule has 1 aromatic heterocycles. The molecule has 0 aliphatic carbocycles. The summed E-state index contributed by atoms with van der Waals surface area (Å²) in [5.74, 6) is 0. The number of nitrogens with one attached hydrogen (secondary N) is 1. The summed E-state index contributed by atoms with van der Waals surface area (Å²) < 4.78 is 0. The second-order valence-electron chi connectivity index (χ2n) is 5.48. The number of pyridine rings is 1. The average molecular weight is 277 g/mol. The van der Waals surface area contributed by atoms with Crippen LogP contribution in [0, 0.1) is 0 Å². The quantitative estimate of drug-likeness (QED) is 0.651. The minimum absolute atomic E-state index is 0.384. The van der Waals surface area contributed by atoms with Crippen LogP contribution in [0.2, 0.25) is 0 Å². The summed E-state index contributed by atoms with van der Waals surface area (Å²) in [5, 5.41) is 3.55. The molecule has 1 aromatic rings. The van der Waals surface area contributed by atoms with Gasteiger partial charge in [-0.05, 0) is 37.9 Å². The lowest BCUT2D eigenvalue weighted by Gasteiger charge is -2.20. The molecule has 0 radical (unpaired) electrons. The molecule has 1 unspecified atom stereocenters. The third-order valence-corrected chi connectivity index (χ3v) is 3.71. The Balaban J connectivity index is 2.57. The highest BCUT2D eigenvalue weighted by Crippen LogP contribution is 2.18. The SMILES string of the molecule is CCCCCN(C)c1ccc(C(CC)NCCC)nc1. The second-order valence-corrected chi connectivity index (χ2v) is 5.48. The molecule has 20 heavy (non-hydrogen) atoms. The minimum Gasteiger partial charge on any atom is -0.373 e. The van der Waals surface area contributed by atoms with E-state index in [0.29, 0.717) is 6.04 Å². The molecule has 0 saturated heterocycles. The van der Waals surface area contributed by atoms with Gasteiger partial charge in [-0.25, -0.2) is 0 Å². The van der Waals surface area contributed by atoms with Crippen molar-refractivity contribution in [3.8, 4) is 0 Å². The van der Waals surface area contributed by atoms with E-state index in [4.69, 9.17) is 0 Å².